The van der Waals surface area contributed by atoms with Gasteiger partial charge < -0.3 is 14.7 Å². The zero-order valence-corrected chi connectivity index (χ0v) is 11.9. The molecular weight excluding hydrogens is 230 g/mol. The highest BCUT2D eigenvalue weighted by Crippen LogP contribution is 2.11. The summed E-state index contributed by atoms with van der Waals surface area (Å²) in [7, 11) is 0. The van der Waals surface area contributed by atoms with Crippen LogP contribution in [0, 0.1) is 13.8 Å². The highest BCUT2D eigenvalue weighted by molar-refractivity contribution is 5.81. The van der Waals surface area contributed by atoms with Gasteiger partial charge in [-0.1, -0.05) is 5.16 Å². The molecule has 1 rings (SSSR count). The first kappa shape index (κ1) is 14.7. The molecule has 0 radical (unpaired) electrons. The fraction of sp³-hybridized carbons (Fsp3) is 0.692. The number of carbonyl (C=O) groups excluding carboxylic acids is 1. The van der Waals surface area contributed by atoms with E-state index in [0.29, 0.717) is 6.54 Å². The zero-order chi connectivity index (χ0) is 13.7. The maximum Gasteiger partial charge on any atom is 0.239 e. The Labute approximate surface area is 109 Å². The number of likely N-dealkylation sites (N-methyl/N-ethyl adjacent to an activating group) is 1. The third-order valence-corrected chi connectivity index (χ3v) is 3.21. The van der Waals surface area contributed by atoms with Gasteiger partial charge in [-0.3, -0.25) is 4.79 Å². The Kier molecular flexibility index (Phi) is 5.34. The van der Waals surface area contributed by atoms with Crippen LogP contribution in [-0.4, -0.2) is 35.1 Å². The van der Waals surface area contributed by atoms with Crippen molar-refractivity contribution in [2.75, 3.05) is 13.1 Å². The molecule has 0 aliphatic rings. The van der Waals surface area contributed by atoms with Gasteiger partial charge in [0.05, 0.1) is 11.7 Å². The van der Waals surface area contributed by atoms with Crippen molar-refractivity contribution < 1.29 is 9.32 Å². The lowest BCUT2D eigenvalue weighted by Gasteiger charge is -2.23. The first-order valence-electron chi connectivity index (χ1n) is 6.45. The number of aromatic nitrogens is 1. The van der Waals surface area contributed by atoms with Gasteiger partial charge in [0.2, 0.25) is 5.91 Å². The highest BCUT2D eigenvalue weighted by atomic mass is 16.5. The van der Waals surface area contributed by atoms with E-state index in [1.807, 2.05) is 39.5 Å². The van der Waals surface area contributed by atoms with Crippen molar-refractivity contribution in [3.8, 4) is 0 Å². The van der Waals surface area contributed by atoms with E-state index in [-0.39, 0.29) is 11.9 Å². The maximum absolute atomic E-state index is 12.1. The van der Waals surface area contributed by atoms with Crippen molar-refractivity contribution in [2.24, 2.45) is 0 Å². The van der Waals surface area contributed by atoms with Gasteiger partial charge in [0, 0.05) is 25.2 Å². The molecule has 1 N–H and O–H groups in total. The van der Waals surface area contributed by atoms with E-state index in [2.05, 4.69) is 10.5 Å². The van der Waals surface area contributed by atoms with Gasteiger partial charge in [-0.25, -0.2) is 0 Å². The molecule has 0 bridgehead atoms. The Balaban J connectivity index is 2.56. The summed E-state index contributed by atoms with van der Waals surface area (Å²) in [6.45, 7) is 11.7. The second kappa shape index (κ2) is 6.54. The highest BCUT2D eigenvalue weighted by Gasteiger charge is 2.18. The molecule has 1 amide bonds. The molecule has 5 heteroatoms. The summed E-state index contributed by atoms with van der Waals surface area (Å²) in [5.41, 5.74) is 1.91. The third-order valence-electron chi connectivity index (χ3n) is 3.21. The van der Waals surface area contributed by atoms with Gasteiger partial charge in [0.15, 0.2) is 0 Å². The quantitative estimate of drug-likeness (QED) is 0.837. The van der Waals surface area contributed by atoms with E-state index < -0.39 is 0 Å². The molecule has 0 saturated heterocycles. The smallest absolute Gasteiger partial charge is 0.239 e. The minimum absolute atomic E-state index is 0.131. The largest absolute Gasteiger partial charge is 0.361 e. The number of nitrogens with zero attached hydrogens (tertiary/aromatic N) is 2. The van der Waals surface area contributed by atoms with Crippen LogP contribution in [0.15, 0.2) is 4.52 Å². The zero-order valence-electron chi connectivity index (χ0n) is 11.9. The summed E-state index contributed by atoms with van der Waals surface area (Å²) in [5.74, 6) is 0.939. The molecule has 1 heterocycles. The normalized spacial score (nSPS) is 12.5. The van der Waals surface area contributed by atoms with Gasteiger partial charge in [0.1, 0.15) is 5.76 Å². The van der Waals surface area contributed by atoms with Crippen molar-refractivity contribution in [1.82, 2.24) is 15.4 Å². The topological polar surface area (TPSA) is 58.4 Å². The number of carbonyl (C=O) groups is 1. The number of rotatable bonds is 6. The van der Waals surface area contributed by atoms with Crippen LogP contribution < -0.4 is 5.32 Å². The van der Waals surface area contributed by atoms with Crippen LogP contribution in [0.4, 0.5) is 0 Å². The molecule has 1 atom stereocenters. The Morgan fingerprint density at radius 2 is 2.00 bits per heavy atom. The summed E-state index contributed by atoms with van der Waals surface area (Å²) >= 11 is 0. The average molecular weight is 253 g/mol. The van der Waals surface area contributed by atoms with Crippen LogP contribution >= 0.6 is 0 Å². The van der Waals surface area contributed by atoms with Crippen molar-refractivity contribution in [3.05, 3.63) is 17.0 Å². The van der Waals surface area contributed by atoms with E-state index >= 15 is 0 Å². The van der Waals surface area contributed by atoms with Crippen LogP contribution in [0.2, 0.25) is 0 Å². The summed E-state index contributed by atoms with van der Waals surface area (Å²) in [4.78, 5) is 13.9. The van der Waals surface area contributed by atoms with Crippen LogP contribution in [0.1, 0.15) is 37.8 Å². The monoisotopic (exact) mass is 253 g/mol. The second-order valence-corrected chi connectivity index (χ2v) is 4.42. The SMILES string of the molecule is CCN(CC)C(=O)C(C)NCc1c(C)noc1C. The predicted molar refractivity (Wildman–Crippen MR) is 70.2 cm³/mol. The molecular formula is C13H23N3O2. The average Bonchev–Trinajstić information content (AvgIpc) is 2.67. The standard InChI is InChI=1S/C13H23N3O2/c1-6-16(7-2)13(17)10(4)14-8-12-9(3)15-18-11(12)5/h10,14H,6-8H2,1-5H3. The number of hydrogen-bond acceptors (Lipinski definition) is 4. The Morgan fingerprint density at radius 3 is 2.44 bits per heavy atom. The number of nitrogens with one attached hydrogen (secondary N) is 1. The van der Waals surface area contributed by atoms with Crippen LogP contribution in [0.25, 0.3) is 0 Å². The fourth-order valence-electron chi connectivity index (χ4n) is 1.91. The molecule has 5 nitrogen and oxygen atoms in total. The van der Waals surface area contributed by atoms with E-state index in [9.17, 15) is 4.79 Å². The third kappa shape index (κ3) is 3.32. The molecule has 1 aromatic heterocycles. The summed E-state index contributed by atoms with van der Waals surface area (Å²) in [6.07, 6.45) is 0. The van der Waals surface area contributed by atoms with Gasteiger partial charge in [-0.2, -0.15) is 0 Å². The first-order chi connectivity index (χ1) is 8.51. The molecule has 102 valence electrons. The van der Waals surface area contributed by atoms with Crippen molar-refractivity contribution in [2.45, 2.75) is 47.2 Å². The first-order valence-corrected chi connectivity index (χ1v) is 6.45. The molecule has 0 aromatic carbocycles. The van der Waals surface area contributed by atoms with E-state index in [0.717, 1.165) is 30.1 Å². The van der Waals surface area contributed by atoms with E-state index in [1.165, 1.54) is 0 Å². The molecule has 0 fully saturated rings. The van der Waals surface area contributed by atoms with Gasteiger partial charge in [-0.15, -0.1) is 0 Å². The van der Waals surface area contributed by atoms with Crippen LogP contribution in [-0.2, 0) is 11.3 Å². The number of aryl methyl sites for hydroxylation is 2. The lowest BCUT2D eigenvalue weighted by molar-refractivity contribution is -0.132. The van der Waals surface area contributed by atoms with Crippen LogP contribution in [0.3, 0.4) is 0 Å². The molecule has 1 unspecified atom stereocenters. The molecule has 0 aliphatic heterocycles. The molecule has 18 heavy (non-hydrogen) atoms. The number of amides is 1. The molecule has 0 aliphatic carbocycles. The van der Waals surface area contributed by atoms with Crippen molar-refractivity contribution >= 4 is 5.91 Å². The van der Waals surface area contributed by atoms with E-state index in [4.69, 9.17) is 4.52 Å². The summed E-state index contributed by atoms with van der Waals surface area (Å²) in [6, 6.07) is -0.196. The minimum atomic E-state index is -0.196. The Bertz CT molecular complexity index is 377. The molecule has 0 saturated carbocycles. The minimum Gasteiger partial charge on any atom is -0.361 e. The molecule has 0 spiro atoms. The summed E-state index contributed by atoms with van der Waals surface area (Å²) in [5, 5.41) is 7.12. The predicted octanol–water partition coefficient (Wildman–Crippen LogP) is 1.64. The fourth-order valence-corrected chi connectivity index (χ4v) is 1.91. The van der Waals surface area contributed by atoms with Crippen molar-refractivity contribution in [3.63, 3.8) is 0 Å². The Hall–Kier alpha value is -1.36. The number of hydrogen-bond donors (Lipinski definition) is 1. The maximum atomic E-state index is 12.1. The summed E-state index contributed by atoms with van der Waals surface area (Å²) < 4.78 is 5.09. The lowest BCUT2D eigenvalue weighted by atomic mass is 10.2. The van der Waals surface area contributed by atoms with Crippen LogP contribution in [0.5, 0.6) is 0 Å². The van der Waals surface area contributed by atoms with Gasteiger partial charge >= 0.3 is 0 Å². The van der Waals surface area contributed by atoms with E-state index in [1.54, 1.807) is 0 Å². The lowest BCUT2D eigenvalue weighted by Crippen LogP contribution is -2.44. The van der Waals surface area contributed by atoms with Crippen molar-refractivity contribution in [1.29, 1.82) is 0 Å². The Morgan fingerprint density at radius 1 is 1.39 bits per heavy atom. The van der Waals surface area contributed by atoms with Gasteiger partial charge in [-0.05, 0) is 34.6 Å². The molecule has 1 aromatic rings. The van der Waals surface area contributed by atoms with Gasteiger partial charge in [0.25, 0.3) is 0 Å². The second-order valence-electron chi connectivity index (χ2n) is 4.42.